The molecule has 8 rings (SSSR count). The zero-order chi connectivity index (χ0) is 39.7. The number of nitrogen functional groups attached to an aromatic ring is 1. The summed E-state index contributed by atoms with van der Waals surface area (Å²) in [6.45, 7) is 0. The highest BCUT2D eigenvalue weighted by atomic mass is 19.4. The fourth-order valence-electron chi connectivity index (χ4n) is 6.25. The fourth-order valence-corrected chi connectivity index (χ4v) is 6.25. The number of imidazole rings is 2. The van der Waals surface area contributed by atoms with Gasteiger partial charge in [0, 0.05) is 61.6 Å². The summed E-state index contributed by atoms with van der Waals surface area (Å²) < 4.78 is 105. The Morgan fingerprint density at radius 1 is 0.768 bits per heavy atom. The Morgan fingerprint density at radius 2 is 1.41 bits per heavy atom. The summed E-state index contributed by atoms with van der Waals surface area (Å²) >= 11 is 0. The smallest absolute Gasteiger partial charge is 0.423 e. The van der Waals surface area contributed by atoms with Crippen LogP contribution in [0.25, 0.3) is 44.7 Å². The fraction of sp³-hybridized carbons (Fsp3) is 0.111. The number of pyridine rings is 2. The first-order valence-corrected chi connectivity index (χ1v) is 16.2. The van der Waals surface area contributed by atoms with Crippen LogP contribution in [0.2, 0.25) is 0 Å². The Balaban J connectivity index is 1.36. The molecule has 0 radical (unpaired) electrons. The van der Waals surface area contributed by atoms with Crippen molar-refractivity contribution in [3.63, 3.8) is 0 Å². The molecule has 56 heavy (non-hydrogen) atoms. The number of hydrogen-bond donors (Lipinski definition) is 1. The van der Waals surface area contributed by atoms with E-state index in [0.29, 0.717) is 40.2 Å². The van der Waals surface area contributed by atoms with Gasteiger partial charge in [-0.05, 0) is 36.4 Å². The SMILES string of the molecule is Cn1cnc(-c2cc(Oc3c(-c4c(N)nn5cc(-c6cn(C)cn6)cc(Oc6ccc([N+](=O)[O-])c(C(F)(F)F)c6)c45)cccc3C(F)(F)F)c3ccnn3c2)c1. The van der Waals surface area contributed by atoms with Crippen LogP contribution in [0, 0.1) is 10.1 Å². The second-order valence-electron chi connectivity index (χ2n) is 12.6. The Kier molecular flexibility index (Phi) is 8.20. The Bertz CT molecular complexity index is 2840. The van der Waals surface area contributed by atoms with Crippen molar-refractivity contribution in [2.45, 2.75) is 12.4 Å². The maximum Gasteiger partial charge on any atom is 0.423 e. The van der Waals surface area contributed by atoms with Crippen LogP contribution < -0.4 is 15.2 Å². The number of para-hydroxylation sites is 1. The molecule has 20 heteroatoms. The molecule has 0 aliphatic heterocycles. The lowest BCUT2D eigenvalue weighted by Gasteiger charge is -2.19. The molecule has 0 spiro atoms. The molecule has 2 aromatic carbocycles. The maximum absolute atomic E-state index is 14.9. The molecule has 0 saturated carbocycles. The van der Waals surface area contributed by atoms with Crippen LogP contribution in [0.15, 0.2) is 98.2 Å². The number of nitro groups is 1. The number of nitro benzene ring substituents is 1. The molecule has 0 aliphatic carbocycles. The third-order valence-corrected chi connectivity index (χ3v) is 8.69. The van der Waals surface area contributed by atoms with Crippen molar-refractivity contribution in [1.82, 2.24) is 38.3 Å². The van der Waals surface area contributed by atoms with E-state index in [9.17, 15) is 36.5 Å². The minimum Gasteiger partial charge on any atom is -0.455 e. The Labute approximate surface area is 309 Å². The largest absolute Gasteiger partial charge is 0.455 e. The van der Waals surface area contributed by atoms with E-state index >= 15 is 0 Å². The monoisotopic (exact) mass is 774 g/mol. The molecule has 8 aromatic rings. The summed E-state index contributed by atoms with van der Waals surface area (Å²) in [6, 6.07) is 9.77. The summed E-state index contributed by atoms with van der Waals surface area (Å²) in [5.74, 6) is -1.72. The third-order valence-electron chi connectivity index (χ3n) is 8.69. The van der Waals surface area contributed by atoms with Gasteiger partial charge in [0.15, 0.2) is 17.3 Å². The van der Waals surface area contributed by atoms with Gasteiger partial charge in [-0.25, -0.2) is 19.0 Å². The normalized spacial score (nSPS) is 12.1. The summed E-state index contributed by atoms with van der Waals surface area (Å²) in [7, 11) is 3.45. The van der Waals surface area contributed by atoms with Gasteiger partial charge in [-0.15, -0.1) is 5.10 Å². The van der Waals surface area contributed by atoms with Crippen LogP contribution >= 0.6 is 0 Å². The minimum atomic E-state index is -5.14. The maximum atomic E-state index is 14.9. The number of fused-ring (bicyclic) bond motifs is 2. The zero-order valence-corrected chi connectivity index (χ0v) is 28.7. The highest BCUT2D eigenvalue weighted by molar-refractivity contribution is 5.96. The van der Waals surface area contributed by atoms with Crippen molar-refractivity contribution >= 4 is 22.5 Å². The van der Waals surface area contributed by atoms with Gasteiger partial charge in [0.1, 0.15) is 28.1 Å². The molecule has 14 nitrogen and oxygen atoms in total. The summed E-state index contributed by atoms with van der Waals surface area (Å²) in [5, 5.41) is 20.1. The highest BCUT2D eigenvalue weighted by Crippen LogP contribution is 2.49. The van der Waals surface area contributed by atoms with E-state index in [4.69, 9.17) is 15.2 Å². The van der Waals surface area contributed by atoms with E-state index in [1.165, 1.54) is 46.0 Å². The number of alkyl halides is 6. The molecule has 0 amide bonds. The van der Waals surface area contributed by atoms with E-state index < -0.39 is 45.6 Å². The van der Waals surface area contributed by atoms with Crippen molar-refractivity contribution in [3.05, 3.63) is 119 Å². The van der Waals surface area contributed by atoms with Gasteiger partial charge in [-0.1, -0.05) is 12.1 Å². The van der Waals surface area contributed by atoms with Gasteiger partial charge in [-0.2, -0.15) is 31.4 Å². The number of nitrogens with zero attached hydrogens (tertiary/aromatic N) is 9. The van der Waals surface area contributed by atoms with Crippen molar-refractivity contribution in [3.8, 4) is 56.6 Å². The van der Waals surface area contributed by atoms with Crippen LogP contribution in [0.3, 0.4) is 0 Å². The van der Waals surface area contributed by atoms with Crippen molar-refractivity contribution < 1.29 is 40.7 Å². The van der Waals surface area contributed by atoms with E-state index in [-0.39, 0.29) is 34.0 Å². The first kappa shape index (κ1) is 35.6. The molecular weight excluding hydrogens is 750 g/mol. The van der Waals surface area contributed by atoms with Crippen LogP contribution in [-0.4, -0.2) is 43.3 Å². The van der Waals surface area contributed by atoms with E-state index in [2.05, 4.69) is 20.2 Å². The molecule has 2 N–H and O–H groups in total. The number of hydrogen-bond acceptors (Lipinski definition) is 9. The number of benzene rings is 2. The zero-order valence-electron chi connectivity index (χ0n) is 28.7. The number of aromatic nitrogens is 8. The molecule has 0 bridgehead atoms. The standard InChI is InChI=1S/C36H24F6N10O4/c1-48-15-25(44-17-48)19-10-29(28-8-9-46-50(28)13-19)56-33-22(4-3-5-23(33)35(37,38)39)31-32-30(55-21-6-7-27(52(53)54)24(12-21)36(40,41)42)11-20(14-51(32)47-34(31)43)26-16-49(2)18-45-26/h3-18H,1-2H3,(H2,43,47). The first-order chi connectivity index (χ1) is 26.5. The highest BCUT2D eigenvalue weighted by Gasteiger charge is 2.39. The van der Waals surface area contributed by atoms with Crippen molar-refractivity contribution in [2.75, 3.05) is 5.73 Å². The van der Waals surface area contributed by atoms with Crippen LogP contribution in [0.1, 0.15) is 11.1 Å². The third kappa shape index (κ3) is 6.35. The number of anilines is 1. The summed E-state index contributed by atoms with van der Waals surface area (Å²) in [4.78, 5) is 18.9. The minimum absolute atomic E-state index is 0.0295. The second-order valence-corrected chi connectivity index (χ2v) is 12.6. The lowest BCUT2D eigenvalue weighted by Crippen LogP contribution is -2.09. The van der Waals surface area contributed by atoms with Gasteiger partial charge >= 0.3 is 12.4 Å². The molecule has 284 valence electrons. The van der Waals surface area contributed by atoms with E-state index in [0.717, 1.165) is 18.2 Å². The number of aryl methyl sites for hydroxylation is 2. The van der Waals surface area contributed by atoms with Crippen LogP contribution in [0.5, 0.6) is 23.0 Å². The molecule has 0 fully saturated rings. The molecule has 6 aromatic heterocycles. The molecule has 0 atom stereocenters. The Hall–Kier alpha value is -7.38. The van der Waals surface area contributed by atoms with Crippen LogP contribution in [0.4, 0.5) is 37.8 Å². The Morgan fingerprint density at radius 3 is 2.02 bits per heavy atom. The number of halogens is 6. The van der Waals surface area contributed by atoms with Crippen molar-refractivity contribution in [2.24, 2.45) is 14.1 Å². The summed E-state index contributed by atoms with van der Waals surface area (Å²) in [6.07, 6.45) is 0.796. The molecule has 0 saturated heterocycles. The molecule has 6 heterocycles. The number of nitrogens with two attached hydrogens (primary N) is 1. The van der Waals surface area contributed by atoms with Gasteiger partial charge < -0.3 is 24.3 Å². The van der Waals surface area contributed by atoms with E-state index in [1.807, 2.05) is 0 Å². The molecule has 0 aliphatic rings. The lowest BCUT2D eigenvalue weighted by molar-refractivity contribution is -0.388. The number of ether oxygens (including phenoxy) is 2. The van der Waals surface area contributed by atoms with Gasteiger partial charge in [0.05, 0.1) is 46.3 Å². The summed E-state index contributed by atoms with van der Waals surface area (Å²) in [5.41, 5.74) is 4.05. The predicted molar refractivity (Wildman–Crippen MR) is 188 cm³/mol. The predicted octanol–water partition coefficient (Wildman–Crippen LogP) is 8.56. The quantitative estimate of drug-likeness (QED) is 0.0907. The topological polar surface area (TPSA) is 158 Å². The van der Waals surface area contributed by atoms with Gasteiger partial charge in [0.2, 0.25) is 0 Å². The average Bonchev–Trinajstić information content (AvgIpc) is 3.94. The average molecular weight is 775 g/mol. The second kappa shape index (κ2) is 12.9. The van der Waals surface area contributed by atoms with E-state index in [1.54, 1.807) is 54.2 Å². The van der Waals surface area contributed by atoms with Crippen LogP contribution in [-0.2, 0) is 26.4 Å². The first-order valence-electron chi connectivity index (χ1n) is 16.2. The molecule has 0 unspecified atom stereocenters. The lowest BCUT2D eigenvalue weighted by atomic mass is 10.00. The number of rotatable bonds is 8. The van der Waals surface area contributed by atoms with Gasteiger partial charge in [-0.3, -0.25) is 10.1 Å². The molecular formula is C36H24F6N10O4. The van der Waals surface area contributed by atoms with Gasteiger partial charge in [0.25, 0.3) is 5.69 Å². The van der Waals surface area contributed by atoms with Crippen molar-refractivity contribution in [1.29, 1.82) is 0 Å².